The molecule has 0 rings (SSSR count). The summed E-state index contributed by atoms with van der Waals surface area (Å²) in [6.07, 6.45) is 0. The van der Waals surface area contributed by atoms with Crippen LogP contribution >= 0.6 is 32.9 Å². The average molecular weight is 221 g/mol. The summed E-state index contributed by atoms with van der Waals surface area (Å²) in [5, 5.41) is 0. The van der Waals surface area contributed by atoms with Crippen molar-refractivity contribution >= 4 is 38.5 Å². The number of rotatable bonds is 1. The summed E-state index contributed by atoms with van der Waals surface area (Å²) in [6.45, 7) is 2.12. The zero-order valence-electron chi connectivity index (χ0n) is 3.04. The molecule has 0 aliphatic carbocycles. The second-order valence-corrected chi connectivity index (χ2v) is 10.7. The van der Waals surface area contributed by atoms with Crippen molar-refractivity contribution in [1.29, 1.82) is 0 Å². The maximum Gasteiger partial charge on any atom is 0.206 e. The first-order valence-electron chi connectivity index (χ1n) is 1.55. The third kappa shape index (κ3) is 5.24. The Balaban J connectivity index is 2.54. The van der Waals surface area contributed by atoms with E-state index in [1.807, 2.05) is 0 Å². The van der Waals surface area contributed by atoms with Gasteiger partial charge in [0.05, 0.1) is 0 Å². The van der Waals surface area contributed by atoms with Gasteiger partial charge in [-0.2, -0.15) is 11.1 Å². The van der Waals surface area contributed by atoms with Crippen LogP contribution in [-0.4, -0.2) is 5.60 Å². The highest BCUT2D eigenvalue weighted by Crippen LogP contribution is 2.03. The fourth-order valence-electron chi connectivity index (χ4n) is 0. The van der Waals surface area contributed by atoms with E-state index in [-0.39, 0.29) is 0 Å². The van der Waals surface area contributed by atoms with Crippen LogP contribution < -0.4 is 0 Å². The lowest BCUT2D eigenvalue weighted by Gasteiger charge is -1.81. The Morgan fingerprint density at radius 1 is 2.00 bits per heavy atom. The minimum absolute atomic E-state index is 0.707. The Kier molecular flexibility index (Phi) is 4.28. The van der Waals surface area contributed by atoms with Gasteiger partial charge in [-0.25, -0.2) is 0 Å². The third-order valence-corrected chi connectivity index (χ3v) is 4.49. The van der Waals surface area contributed by atoms with Gasteiger partial charge in [0.2, 0.25) is 5.60 Å². The predicted molar refractivity (Wildman–Crippen MR) is 37.5 cm³/mol. The Morgan fingerprint density at radius 2 is 2.20 bits per heavy atom. The van der Waals surface area contributed by atoms with Crippen LogP contribution in [-0.2, 0) is 0 Å². The maximum absolute atomic E-state index is 5.59. The SMILES string of the molecule is CC[SiH](Cl)I. The Bertz CT molecular complexity index is 23.6. The van der Waals surface area contributed by atoms with Gasteiger partial charge in [-0.05, 0) is 6.04 Å². The molecule has 0 aliphatic rings. The van der Waals surface area contributed by atoms with Gasteiger partial charge in [0.1, 0.15) is 0 Å². The van der Waals surface area contributed by atoms with Gasteiger partial charge >= 0.3 is 0 Å². The molecule has 0 aromatic carbocycles. The Morgan fingerprint density at radius 3 is 2.20 bits per heavy atom. The van der Waals surface area contributed by atoms with Crippen molar-refractivity contribution in [3.05, 3.63) is 0 Å². The molecule has 0 N–H and O–H groups in total. The van der Waals surface area contributed by atoms with Crippen molar-refractivity contribution in [3.63, 3.8) is 0 Å². The molecule has 0 fully saturated rings. The van der Waals surface area contributed by atoms with Gasteiger partial charge < -0.3 is 0 Å². The summed E-state index contributed by atoms with van der Waals surface area (Å²) in [7, 11) is 0. The second kappa shape index (κ2) is 3.43. The van der Waals surface area contributed by atoms with Gasteiger partial charge in [-0.3, -0.25) is 0 Å². The molecule has 0 saturated carbocycles. The third-order valence-electron chi connectivity index (χ3n) is 0.309. The lowest BCUT2D eigenvalue weighted by Crippen LogP contribution is -1.81. The van der Waals surface area contributed by atoms with E-state index in [9.17, 15) is 0 Å². The first-order valence-corrected chi connectivity index (χ1v) is 8.29. The normalized spacial score (nSPS) is 15.0. The van der Waals surface area contributed by atoms with Crippen molar-refractivity contribution in [2.75, 3.05) is 0 Å². The molecule has 0 radical (unpaired) electrons. The highest BCUT2D eigenvalue weighted by atomic mass is 127. The summed E-state index contributed by atoms with van der Waals surface area (Å²) < 4.78 is 0. The standard InChI is InChI=1S/C2H6ClISi/c1-2-5(3)4/h5H,2H2,1H3. The number of hydrogen-bond donors (Lipinski definition) is 0. The second-order valence-electron chi connectivity index (χ2n) is 0.799. The van der Waals surface area contributed by atoms with Crippen LogP contribution in [0, 0.1) is 0 Å². The molecular formula is C2H6ClISi. The molecule has 32 valence electrons. The van der Waals surface area contributed by atoms with Crippen LogP contribution in [0.5, 0.6) is 0 Å². The predicted octanol–water partition coefficient (Wildman–Crippen LogP) is 1.90. The highest BCUT2D eigenvalue weighted by molar-refractivity contribution is 14.1. The molecule has 0 aromatic heterocycles. The molecule has 3 heteroatoms. The molecule has 0 saturated heterocycles. The molecule has 1 atom stereocenters. The van der Waals surface area contributed by atoms with Crippen LogP contribution in [0.4, 0.5) is 0 Å². The van der Waals surface area contributed by atoms with E-state index >= 15 is 0 Å². The van der Waals surface area contributed by atoms with Gasteiger partial charge in [0.25, 0.3) is 0 Å². The van der Waals surface area contributed by atoms with Crippen LogP contribution in [0.1, 0.15) is 6.92 Å². The van der Waals surface area contributed by atoms with E-state index in [0.717, 1.165) is 0 Å². The van der Waals surface area contributed by atoms with E-state index in [0.29, 0.717) is 0 Å². The molecular weight excluding hydrogens is 214 g/mol. The Hall–Kier alpha value is 1.24. The van der Waals surface area contributed by atoms with Gasteiger partial charge in [-0.15, -0.1) is 21.8 Å². The quantitative estimate of drug-likeness (QED) is 0.360. The van der Waals surface area contributed by atoms with E-state index in [1.54, 1.807) is 0 Å². The lowest BCUT2D eigenvalue weighted by molar-refractivity contribution is 1.47. The number of halogens is 2. The summed E-state index contributed by atoms with van der Waals surface area (Å²) in [6, 6.07) is 1.20. The molecule has 0 amide bonds. The fraction of sp³-hybridized carbons (Fsp3) is 1.00. The van der Waals surface area contributed by atoms with Crippen LogP contribution in [0.2, 0.25) is 6.04 Å². The first-order chi connectivity index (χ1) is 2.27. The zero-order valence-corrected chi connectivity index (χ0v) is 7.11. The average Bonchev–Trinajstić information content (AvgIpc) is 1.38. The van der Waals surface area contributed by atoms with Crippen LogP contribution in [0.3, 0.4) is 0 Å². The van der Waals surface area contributed by atoms with Crippen molar-refractivity contribution in [3.8, 4) is 0 Å². The summed E-state index contributed by atoms with van der Waals surface area (Å²) in [5.41, 5.74) is -0.707. The van der Waals surface area contributed by atoms with Gasteiger partial charge in [-0.1, -0.05) is 6.92 Å². The monoisotopic (exact) mass is 220 g/mol. The molecule has 0 nitrogen and oxygen atoms in total. The molecule has 0 aromatic rings. The van der Waals surface area contributed by atoms with Crippen molar-refractivity contribution in [2.45, 2.75) is 13.0 Å². The van der Waals surface area contributed by atoms with Crippen LogP contribution in [0.25, 0.3) is 0 Å². The number of hydrogen-bond acceptors (Lipinski definition) is 0. The van der Waals surface area contributed by atoms with Crippen molar-refractivity contribution < 1.29 is 0 Å². The first kappa shape index (κ1) is 6.24. The largest absolute Gasteiger partial charge is 0.206 e. The zero-order chi connectivity index (χ0) is 4.28. The molecule has 0 heterocycles. The minimum Gasteiger partial charge on any atom is -0.158 e. The van der Waals surface area contributed by atoms with Crippen molar-refractivity contribution in [1.82, 2.24) is 0 Å². The van der Waals surface area contributed by atoms with Gasteiger partial charge in [0, 0.05) is 0 Å². The lowest BCUT2D eigenvalue weighted by atomic mass is 11.0. The maximum atomic E-state index is 5.59. The van der Waals surface area contributed by atoms with E-state index in [1.165, 1.54) is 6.04 Å². The molecule has 1 unspecified atom stereocenters. The van der Waals surface area contributed by atoms with Gasteiger partial charge in [0.15, 0.2) is 0 Å². The topological polar surface area (TPSA) is 0 Å². The minimum atomic E-state index is -0.707. The van der Waals surface area contributed by atoms with E-state index in [2.05, 4.69) is 28.7 Å². The van der Waals surface area contributed by atoms with Crippen LogP contribution in [0.15, 0.2) is 0 Å². The molecule has 5 heavy (non-hydrogen) atoms. The van der Waals surface area contributed by atoms with E-state index < -0.39 is 5.60 Å². The summed E-state index contributed by atoms with van der Waals surface area (Å²) >= 11 is 7.90. The summed E-state index contributed by atoms with van der Waals surface area (Å²) in [5.74, 6) is 0. The van der Waals surface area contributed by atoms with E-state index in [4.69, 9.17) is 11.1 Å². The van der Waals surface area contributed by atoms with Crippen molar-refractivity contribution in [2.24, 2.45) is 0 Å². The smallest absolute Gasteiger partial charge is 0.158 e. The molecule has 0 spiro atoms. The molecule has 0 aliphatic heterocycles. The fourth-order valence-corrected chi connectivity index (χ4v) is 0. The summed E-state index contributed by atoms with van der Waals surface area (Å²) in [4.78, 5) is 0. The molecule has 0 bridgehead atoms. The highest BCUT2D eigenvalue weighted by Gasteiger charge is 1.90. The Labute approximate surface area is 51.4 Å².